The molecule has 33 heavy (non-hydrogen) atoms. The molecule has 0 spiro atoms. The molecule has 7 aromatic rings. The molecule has 0 saturated carbocycles. The minimum atomic E-state index is 0.904. The standard InChI is InChI=1S/C31H20N2/c1-3-10-23-20(7-1)9-5-12-25(23)22-16-18-29-30(19-22)33-31(32-29)28-14-6-13-26-24-11-4-2-8-21(24)15-17-27(26)28/h1-19H,(H,32,33). The van der Waals surface area contributed by atoms with Gasteiger partial charge >= 0.3 is 0 Å². The van der Waals surface area contributed by atoms with Gasteiger partial charge in [0.05, 0.1) is 11.0 Å². The van der Waals surface area contributed by atoms with E-state index in [1.54, 1.807) is 0 Å². The van der Waals surface area contributed by atoms with E-state index in [9.17, 15) is 0 Å². The Morgan fingerprint density at radius 1 is 0.485 bits per heavy atom. The van der Waals surface area contributed by atoms with Crippen LogP contribution in [0.4, 0.5) is 0 Å². The summed E-state index contributed by atoms with van der Waals surface area (Å²) in [5, 5.41) is 7.50. The minimum absolute atomic E-state index is 0.904. The molecule has 7 rings (SSSR count). The van der Waals surface area contributed by atoms with E-state index in [0.29, 0.717) is 0 Å². The maximum absolute atomic E-state index is 5.02. The largest absolute Gasteiger partial charge is 0.338 e. The minimum Gasteiger partial charge on any atom is -0.338 e. The van der Waals surface area contributed by atoms with Crippen molar-refractivity contribution in [3.63, 3.8) is 0 Å². The van der Waals surface area contributed by atoms with E-state index in [1.165, 1.54) is 43.4 Å². The maximum atomic E-state index is 5.02. The average molecular weight is 421 g/mol. The van der Waals surface area contributed by atoms with Crippen molar-refractivity contribution in [2.24, 2.45) is 0 Å². The molecule has 0 bridgehead atoms. The topological polar surface area (TPSA) is 28.7 Å². The van der Waals surface area contributed by atoms with E-state index >= 15 is 0 Å². The van der Waals surface area contributed by atoms with E-state index in [0.717, 1.165) is 22.4 Å². The van der Waals surface area contributed by atoms with Gasteiger partial charge in [-0.1, -0.05) is 103 Å². The Kier molecular flexibility index (Phi) is 3.88. The quantitative estimate of drug-likeness (QED) is 0.280. The van der Waals surface area contributed by atoms with Gasteiger partial charge in [0.2, 0.25) is 0 Å². The summed E-state index contributed by atoms with van der Waals surface area (Å²) in [5.74, 6) is 0.904. The fourth-order valence-corrected chi connectivity index (χ4v) is 5.02. The second-order valence-electron chi connectivity index (χ2n) is 8.53. The zero-order valence-corrected chi connectivity index (χ0v) is 17.9. The Morgan fingerprint density at radius 2 is 1.18 bits per heavy atom. The number of hydrogen-bond acceptors (Lipinski definition) is 1. The zero-order valence-electron chi connectivity index (χ0n) is 17.9. The number of aromatic nitrogens is 2. The van der Waals surface area contributed by atoms with Crippen LogP contribution in [0.5, 0.6) is 0 Å². The normalized spacial score (nSPS) is 11.6. The van der Waals surface area contributed by atoms with Crippen LogP contribution in [0.2, 0.25) is 0 Å². The molecule has 1 N–H and O–H groups in total. The molecular weight excluding hydrogens is 400 g/mol. The first-order valence-electron chi connectivity index (χ1n) is 11.2. The van der Waals surface area contributed by atoms with Gasteiger partial charge in [0.15, 0.2) is 0 Å². The van der Waals surface area contributed by atoms with E-state index in [1.807, 2.05) is 0 Å². The summed E-state index contributed by atoms with van der Waals surface area (Å²) in [6, 6.07) is 40.9. The highest BCUT2D eigenvalue weighted by Gasteiger charge is 2.12. The van der Waals surface area contributed by atoms with Crippen LogP contribution in [0.3, 0.4) is 0 Å². The van der Waals surface area contributed by atoms with Gasteiger partial charge in [0.25, 0.3) is 0 Å². The van der Waals surface area contributed by atoms with E-state index < -0.39 is 0 Å². The third-order valence-corrected chi connectivity index (χ3v) is 6.63. The first-order chi connectivity index (χ1) is 16.3. The predicted octanol–water partition coefficient (Wildman–Crippen LogP) is 8.36. The van der Waals surface area contributed by atoms with Gasteiger partial charge in [-0.3, -0.25) is 0 Å². The molecule has 0 fully saturated rings. The van der Waals surface area contributed by atoms with Crippen LogP contribution in [-0.2, 0) is 0 Å². The molecule has 0 aliphatic rings. The van der Waals surface area contributed by atoms with Gasteiger partial charge < -0.3 is 4.98 Å². The number of hydrogen-bond donors (Lipinski definition) is 1. The first-order valence-corrected chi connectivity index (χ1v) is 11.2. The van der Waals surface area contributed by atoms with Gasteiger partial charge in [-0.05, 0) is 55.6 Å². The molecule has 6 aromatic carbocycles. The summed E-state index contributed by atoms with van der Waals surface area (Å²) in [6.45, 7) is 0. The number of nitrogens with one attached hydrogen (secondary N) is 1. The fraction of sp³-hybridized carbons (Fsp3) is 0. The van der Waals surface area contributed by atoms with Gasteiger partial charge in [-0.15, -0.1) is 0 Å². The highest BCUT2D eigenvalue weighted by atomic mass is 14.9. The average Bonchev–Trinajstić information content (AvgIpc) is 3.31. The van der Waals surface area contributed by atoms with Crippen LogP contribution in [0, 0.1) is 0 Å². The molecule has 2 heteroatoms. The summed E-state index contributed by atoms with van der Waals surface area (Å²) < 4.78 is 0. The molecule has 2 nitrogen and oxygen atoms in total. The van der Waals surface area contributed by atoms with Crippen LogP contribution in [-0.4, -0.2) is 9.97 Å². The number of nitrogens with zero attached hydrogens (tertiary/aromatic N) is 1. The second-order valence-corrected chi connectivity index (χ2v) is 8.53. The molecule has 1 heterocycles. The number of H-pyrrole nitrogens is 1. The van der Waals surface area contributed by atoms with Crippen molar-refractivity contribution in [3.05, 3.63) is 115 Å². The number of aromatic amines is 1. The van der Waals surface area contributed by atoms with Crippen LogP contribution < -0.4 is 0 Å². The molecule has 154 valence electrons. The lowest BCUT2D eigenvalue weighted by Gasteiger charge is -2.07. The summed E-state index contributed by atoms with van der Waals surface area (Å²) in [5.41, 5.74) is 5.57. The third kappa shape index (κ3) is 2.85. The monoisotopic (exact) mass is 420 g/mol. The van der Waals surface area contributed by atoms with Crippen LogP contribution >= 0.6 is 0 Å². The Hall–Kier alpha value is -4.43. The van der Waals surface area contributed by atoms with Crippen molar-refractivity contribution < 1.29 is 0 Å². The van der Waals surface area contributed by atoms with Crippen molar-refractivity contribution >= 4 is 43.4 Å². The summed E-state index contributed by atoms with van der Waals surface area (Å²) in [6.07, 6.45) is 0. The molecule has 0 atom stereocenters. The SMILES string of the molecule is c1ccc2c(-c3ccc4[nH]c(-c5cccc6c5ccc5ccccc56)nc4c3)cccc2c1. The van der Waals surface area contributed by atoms with E-state index in [4.69, 9.17) is 4.98 Å². The van der Waals surface area contributed by atoms with Crippen LogP contribution in [0.1, 0.15) is 0 Å². The molecule has 0 amide bonds. The summed E-state index contributed by atoms with van der Waals surface area (Å²) >= 11 is 0. The van der Waals surface area contributed by atoms with Gasteiger partial charge in [-0.2, -0.15) is 0 Å². The Balaban J connectivity index is 1.41. The van der Waals surface area contributed by atoms with Crippen LogP contribution in [0.15, 0.2) is 115 Å². The number of imidazole rings is 1. The first kappa shape index (κ1) is 18.2. The molecule has 0 saturated heterocycles. The molecule has 0 aliphatic heterocycles. The molecule has 0 unspecified atom stereocenters. The molecule has 0 radical (unpaired) electrons. The van der Waals surface area contributed by atoms with Gasteiger partial charge in [0.1, 0.15) is 5.82 Å². The summed E-state index contributed by atoms with van der Waals surface area (Å²) in [4.78, 5) is 8.58. The van der Waals surface area contributed by atoms with Crippen molar-refractivity contribution in [2.75, 3.05) is 0 Å². The third-order valence-electron chi connectivity index (χ3n) is 6.63. The Morgan fingerprint density at radius 3 is 2.09 bits per heavy atom. The highest BCUT2D eigenvalue weighted by molar-refractivity contribution is 6.11. The summed E-state index contributed by atoms with van der Waals surface area (Å²) in [7, 11) is 0. The highest BCUT2D eigenvalue weighted by Crippen LogP contribution is 2.34. The lowest BCUT2D eigenvalue weighted by atomic mass is 9.98. The Bertz CT molecular complexity index is 1820. The zero-order chi connectivity index (χ0) is 21.8. The van der Waals surface area contributed by atoms with Crippen molar-refractivity contribution in [2.45, 2.75) is 0 Å². The van der Waals surface area contributed by atoms with E-state index in [2.05, 4.69) is 120 Å². The lowest BCUT2D eigenvalue weighted by Crippen LogP contribution is -1.85. The van der Waals surface area contributed by atoms with Crippen molar-refractivity contribution in [1.29, 1.82) is 0 Å². The second kappa shape index (κ2) is 7.04. The van der Waals surface area contributed by atoms with Gasteiger partial charge in [0, 0.05) is 5.56 Å². The van der Waals surface area contributed by atoms with Gasteiger partial charge in [-0.25, -0.2) is 4.98 Å². The lowest BCUT2D eigenvalue weighted by molar-refractivity contribution is 1.35. The predicted molar refractivity (Wildman–Crippen MR) is 139 cm³/mol. The number of benzene rings is 6. The smallest absolute Gasteiger partial charge is 0.139 e. The van der Waals surface area contributed by atoms with Crippen molar-refractivity contribution in [3.8, 4) is 22.5 Å². The van der Waals surface area contributed by atoms with Crippen molar-refractivity contribution in [1.82, 2.24) is 9.97 Å². The maximum Gasteiger partial charge on any atom is 0.139 e. The molecule has 0 aliphatic carbocycles. The molecular formula is C31H20N2. The van der Waals surface area contributed by atoms with E-state index in [-0.39, 0.29) is 0 Å². The number of rotatable bonds is 2. The fourth-order valence-electron chi connectivity index (χ4n) is 5.02. The number of fused-ring (bicyclic) bond motifs is 5. The Labute approximate surface area is 191 Å². The molecule has 1 aromatic heterocycles. The van der Waals surface area contributed by atoms with Crippen LogP contribution in [0.25, 0.3) is 65.9 Å².